The second-order valence-electron chi connectivity index (χ2n) is 4.17. The van der Waals surface area contributed by atoms with E-state index in [1.165, 1.54) is 4.90 Å². The highest BCUT2D eigenvalue weighted by molar-refractivity contribution is 5.86. The van der Waals surface area contributed by atoms with Crippen molar-refractivity contribution in [2.75, 3.05) is 26.2 Å². The van der Waals surface area contributed by atoms with Crippen LogP contribution in [0.25, 0.3) is 0 Å². The fourth-order valence-corrected chi connectivity index (χ4v) is 2.16. The van der Waals surface area contributed by atoms with Gasteiger partial charge in [-0.25, -0.2) is 4.79 Å². The zero-order valence-electron chi connectivity index (χ0n) is 9.02. The molecular formula is C10H16N2O4. The van der Waals surface area contributed by atoms with E-state index in [2.05, 4.69) is 5.32 Å². The number of ether oxygens (including phenoxy) is 1. The third-order valence-corrected chi connectivity index (χ3v) is 3.02. The maximum atomic E-state index is 11.6. The van der Waals surface area contributed by atoms with Crippen molar-refractivity contribution in [2.45, 2.75) is 25.0 Å². The molecule has 0 radical (unpaired) electrons. The lowest BCUT2D eigenvalue weighted by Gasteiger charge is -2.34. The lowest BCUT2D eigenvalue weighted by Crippen LogP contribution is -2.59. The Kier molecular flexibility index (Phi) is 3.40. The molecule has 2 rings (SSSR count). The second-order valence-corrected chi connectivity index (χ2v) is 4.17. The Morgan fingerprint density at radius 1 is 1.62 bits per heavy atom. The number of rotatable bonds is 3. The fraction of sp³-hybridized carbons (Fsp3) is 0.800. The number of hydrogen-bond donors (Lipinski definition) is 2. The topological polar surface area (TPSA) is 78.9 Å². The number of carbonyl (C=O) groups excluding carboxylic acids is 1. The highest BCUT2D eigenvalue weighted by Crippen LogP contribution is 2.16. The molecule has 0 aromatic rings. The Morgan fingerprint density at radius 3 is 3.06 bits per heavy atom. The van der Waals surface area contributed by atoms with Gasteiger partial charge in [0.25, 0.3) is 0 Å². The van der Waals surface area contributed by atoms with E-state index < -0.39 is 12.0 Å². The van der Waals surface area contributed by atoms with E-state index in [1.54, 1.807) is 0 Å². The zero-order valence-corrected chi connectivity index (χ0v) is 9.02. The van der Waals surface area contributed by atoms with Crippen LogP contribution in [0.15, 0.2) is 0 Å². The van der Waals surface area contributed by atoms with Crippen LogP contribution in [-0.4, -0.2) is 60.3 Å². The first-order valence-electron chi connectivity index (χ1n) is 5.53. The van der Waals surface area contributed by atoms with Crippen LogP contribution in [0.4, 0.5) is 0 Å². The minimum Gasteiger partial charge on any atom is -0.480 e. The lowest BCUT2D eigenvalue weighted by molar-refractivity contribution is -0.153. The number of hydrogen-bond acceptors (Lipinski definition) is 4. The summed E-state index contributed by atoms with van der Waals surface area (Å²) in [4.78, 5) is 24.1. The molecular weight excluding hydrogens is 212 g/mol. The minimum atomic E-state index is -0.960. The lowest BCUT2D eigenvalue weighted by atomic mass is 10.1. The van der Waals surface area contributed by atoms with Crippen LogP contribution in [0.5, 0.6) is 0 Å². The van der Waals surface area contributed by atoms with Gasteiger partial charge in [0.2, 0.25) is 5.91 Å². The first-order chi connectivity index (χ1) is 7.68. The summed E-state index contributed by atoms with van der Waals surface area (Å²) < 4.78 is 5.42. The molecule has 0 aromatic carbocycles. The molecule has 0 saturated carbocycles. The van der Waals surface area contributed by atoms with E-state index in [9.17, 15) is 9.59 Å². The molecule has 2 aliphatic rings. The number of amides is 1. The molecule has 0 aliphatic carbocycles. The van der Waals surface area contributed by atoms with Crippen molar-refractivity contribution < 1.29 is 19.4 Å². The number of nitrogens with zero attached hydrogens (tertiary/aromatic N) is 1. The maximum absolute atomic E-state index is 11.6. The van der Waals surface area contributed by atoms with Gasteiger partial charge in [-0.1, -0.05) is 0 Å². The molecule has 0 aromatic heterocycles. The van der Waals surface area contributed by atoms with Crippen LogP contribution in [0, 0.1) is 0 Å². The predicted octanol–water partition coefficient (Wildman–Crippen LogP) is -0.950. The molecule has 0 spiro atoms. The quantitative estimate of drug-likeness (QED) is 0.651. The molecule has 2 saturated heterocycles. The number of nitrogens with one attached hydrogen (secondary N) is 1. The van der Waals surface area contributed by atoms with Gasteiger partial charge in [-0.05, 0) is 12.8 Å². The molecule has 2 unspecified atom stereocenters. The summed E-state index contributed by atoms with van der Waals surface area (Å²) in [7, 11) is 0. The highest BCUT2D eigenvalue weighted by atomic mass is 16.5. The number of carboxylic acid groups (broad SMARTS) is 1. The molecule has 6 heteroatoms. The van der Waals surface area contributed by atoms with E-state index in [4.69, 9.17) is 9.84 Å². The maximum Gasteiger partial charge on any atom is 0.327 e. The first-order valence-corrected chi connectivity index (χ1v) is 5.53. The van der Waals surface area contributed by atoms with Crippen molar-refractivity contribution in [3.63, 3.8) is 0 Å². The smallest absolute Gasteiger partial charge is 0.327 e. The predicted molar refractivity (Wildman–Crippen MR) is 55.0 cm³/mol. The summed E-state index contributed by atoms with van der Waals surface area (Å²) in [5.74, 6) is -1.12. The Hall–Kier alpha value is -1.14. The van der Waals surface area contributed by atoms with Crippen molar-refractivity contribution in [1.82, 2.24) is 10.2 Å². The fourth-order valence-electron chi connectivity index (χ4n) is 2.16. The zero-order chi connectivity index (χ0) is 11.5. The summed E-state index contributed by atoms with van der Waals surface area (Å²) in [6.45, 7) is 1.64. The highest BCUT2D eigenvalue weighted by Gasteiger charge is 2.35. The van der Waals surface area contributed by atoms with Crippen LogP contribution in [0.3, 0.4) is 0 Å². The molecule has 1 amide bonds. The van der Waals surface area contributed by atoms with Crippen LogP contribution >= 0.6 is 0 Å². The van der Waals surface area contributed by atoms with Crippen LogP contribution in [0.2, 0.25) is 0 Å². The van der Waals surface area contributed by atoms with Crippen LogP contribution in [0.1, 0.15) is 12.8 Å². The third kappa shape index (κ3) is 2.33. The van der Waals surface area contributed by atoms with Gasteiger partial charge in [0, 0.05) is 19.7 Å². The van der Waals surface area contributed by atoms with E-state index in [1.807, 2.05) is 0 Å². The normalized spacial score (nSPS) is 30.8. The standard InChI is InChI=1S/C10H16N2O4/c13-9-5-11-4-8(10(14)15)12(9)6-7-2-1-3-16-7/h7-8,11H,1-6H2,(H,14,15). The Morgan fingerprint density at radius 2 is 2.44 bits per heavy atom. The Balaban J connectivity index is 2.00. The molecule has 90 valence electrons. The summed E-state index contributed by atoms with van der Waals surface area (Å²) in [5, 5.41) is 11.8. The van der Waals surface area contributed by atoms with Gasteiger partial charge < -0.3 is 20.1 Å². The molecule has 2 N–H and O–H groups in total. The van der Waals surface area contributed by atoms with Crippen LogP contribution in [-0.2, 0) is 14.3 Å². The Bertz CT molecular complexity index is 289. The minimum absolute atomic E-state index is 0.00361. The number of piperazine rings is 1. The summed E-state index contributed by atoms with van der Waals surface area (Å²) >= 11 is 0. The molecule has 2 heterocycles. The number of carbonyl (C=O) groups is 2. The van der Waals surface area contributed by atoms with Crippen LogP contribution < -0.4 is 5.32 Å². The van der Waals surface area contributed by atoms with E-state index in [0.29, 0.717) is 19.7 Å². The largest absolute Gasteiger partial charge is 0.480 e. The summed E-state index contributed by atoms with van der Waals surface area (Å²) in [5.41, 5.74) is 0. The van der Waals surface area contributed by atoms with Crippen molar-refractivity contribution in [2.24, 2.45) is 0 Å². The molecule has 0 bridgehead atoms. The molecule has 6 nitrogen and oxygen atoms in total. The van der Waals surface area contributed by atoms with E-state index >= 15 is 0 Å². The summed E-state index contributed by atoms with van der Waals surface area (Å²) in [6, 6.07) is -0.759. The average Bonchev–Trinajstić information content (AvgIpc) is 2.73. The first kappa shape index (κ1) is 11.3. The van der Waals surface area contributed by atoms with E-state index in [0.717, 1.165) is 12.8 Å². The third-order valence-electron chi connectivity index (χ3n) is 3.02. The molecule has 2 fully saturated rings. The van der Waals surface area contributed by atoms with Gasteiger partial charge in [-0.2, -0.15) is 0 Å². The molecule has 2 atom stereocenters. The molecule has 16 heavy (non-hydrogen) atoms. The van der Waals surface area contributed by atoms with Gasteiger partial charge in [0.15, 0.2) is 0 Å². The van der Waals surface area contributed by atoms with E-state index in [-0.39, 0.29) is 18.6 Å². The number of aliphatic carboxylic acids is 1. The SMILES string of the molecule is O=C(O)C1CNCC(=O)N1CC1CCCO1. The van der Waals surface area contributed by atoms with Gasteiger partial charge in [0.1, 0.15) is 6.04 Å². The summed E-state index contributed by atoms with van der Waals surface area (Å²) in [6.07, 6.45) is 1.90. The number of carboxylic acids is 1. The van der Waals surface area contributed by atoms with Gasteiger partial charge >= 0.3 is 5.97 Å². The van der Waals surface area contributed by atoms with Crippen molar-refractivity contribution >= 4 is 11.9 Å². The van der Waals surface area contributed by atoms with Gasteiger partial charge in [-0.3, -0.25) is 4.79 Å². The molecule has 2 aliphatic heterocycles. The van der Waals surface area contributed by atoms with Crippen molar-refractivity contribution in [1.29, 1.82) is 0 Å². The van der Waals surface area contributed by atoms with Gasteiger partial charge in [-0.15, -0.1) is 0 Å². The average molecular weight is 228 g/mol. The Labute approximate surface area is 93.6 Å². The van der Waals surface area contributed by atoms with Gasteiger partial charge in [0.05, 0.1) is 12.6 Å². The second kappa shape index (κ2) is 4.80. The monoisotopic (exact) mass is 228 g/mol. The van der Waals surface area contributed by atoms with Crippen molar-refractivity contribution in [3.05, 3.63) is 0 Å². The van der Waals surface area contributed by atoms with Crippen molar-refractivity contribution in [3.8, 4) is 0 Å².